The average Bonchev–Trinajstić information content (AvgIpc) is 2.52. The van der Waals surface area contributed by atoms with Gasteiger partial charge < -0.3 is 0 Å². The van der Waals surface area contributed by atoms with Crippen LogP contribution in [-0.2, 0) is 6.18 Å². The highest BCUT2D eigenvalue weighted by Crippen LogP contribution is 2.36. The number of hydrogen-bond acceptors (Lipinski definition) is 2. The van der Waals surface area contributed by atoms with Crippen molar-refractivity contribution in [3.05, 3.63) is 21.9 Å². The zero-order valence-electron chi connectivity index (χ0n) is 8.30. The molecule has 15 heavy (non-hydrogen) atoms. The third kappa shape index (κ3) is 2.72. The van der Waals surface area contributed by atoms with Gasteiger partial charge in [0.15, 0.2) is 0 Å². The van der Waals surface area contributed by atoms with Crippen molar-refractivity contribution >= 4 is 11.3 Å². The third-order valence-corrected chi connectivity index (χ3v) is 3.08. The maximum absolute atomic E-state index is 12.3. The third-order valence-electron chi connectivity index (χ3n) is 2.06. The second-order valence-corrected chi connectivity index (χ2v) is 4.53. The highest BCUT2D eigenvalue weighted by molar-refractivity contribution is 7.10. The number of alkyl halides is 3. The summed E-state index contributed by atoms with van der Waals surface area (Å²) >= 11 is 0.995. The lowest BCUT2D eigenvalue weighted by Gasteiger charge is -2.09. The molecule has 0 radical (unpaired) electrons. The summed E-state index contributed by atoms with van der Waals surface area (Å²) in [6.45, 7) is 3.64. The standard InChI is InChI=1S/C10H10F3NS/c1-6(2)8(4-14)9-3-7(5-15-9)10(11,12)13/h3,5-6,8H,1-2H3. The SMILES string of the molecule is CC(C)C(C#N)c1cc(C(F)(F)F)cs1. The molecule has 0 N–H and O–H groups in total. The van der Waals surface area contributed by atoms with Crippen LogP contribution < -0.4 is 0 Å². The number of thiophene rings is 1. The largest absolute Gasteiger partial charge is 0.417 e. The van der Waals surface area contributed by atoms with Gasteiger partial charge in [0.05, 0.1) is 17.6 Å². The molecule has 0 fully saturated rings. The van der Waals surface area contributed by atoms with Gasteiger partial charge in [-0.15, -0.1) is 11.3 Å². The minimum Gasteiger partial charge on any atom is -0.198 e. The minimum atomic E-state index is -4.31. The summed E-state index contributed by atoms with van der Waals surface area (Å²) in [6.07, 6.45) is -4.31. The highest BCUT2D eigenvalue weighted by Gasteiger charge is 2.32. The molecule has 5 heteroatoms. The molecule has 0 bridgehead atoms. The smallest absolute Gasteiger partial charge is 0.198 e. The molecule has 0 spiro atoms. The molecule has 0 amide bonds. The Morgan fingerprint density at radius 2 is 2.00 bits per heavy atom. The zero-order chi connectivity index (χ0) is 11.6. The zero-order valence-corrected chi connectivity index (χ0v) is 9.12. The summed E-state index contributed by atoms with van der Waals surface area (Å²) in [6, 6.07) is 3.09. The van der Waals surface area contributed by atoms with Crippen LogP contribution in [0.15, 0.2) is 11.4 Å². The number of hydrogen-bond donors (Lipinski definition) is 0. The summed E-state index contributed by atoms with van der Waals surface area (Å²) in [5.41, 5.74) is -0.664. The van der Waals surface area contributed by atoms with E-state index in [0.717, 1.165) is 22.8 Å². The van der Waals surface area contributed by atoms with Crippen LogP contribution in [0.3, 0.4) is 0 Å². The van der Waals surface area contributed by atoms with E-state index in [1.54, 1.807) is 0 Å². The molecule has 1 aromatic rings. The van der Waals surface area contributed by atoms with E-state index >= 15 is 0 Å². The molecule has 1 rings (SSSR count). The van der Waals surface area contributed by atoms with Crippen LogP contribution in [0.2, 0.25) is 0 Å². The Hall–Kier alpha value is -1.02. The normalized spacial score (nSPS) is 13.9. The van der Waals surface area contributed by atoms with Crippen LogP contribution in [0, 0.1) is 17.2 Å². The van der Waals surface area contributed by atoms with Crippen LogP contribution in [0.5, 0.6) is 0 Å². The lowest BCUT2D eigenvalue weighted by atomic mass is 9.95. The molecule has 0 aromatic carbocycles. The van der Waals surface area contributed by atoms with Crippen molar-refractivity contribution in [2.45, 2.75) is 25.9 Å². The molecule has 1 aromatic heterocycles. The summed E-state index contributed by atoms with van der Waals surface area (Å²) in [4.78, 5) is 0.486. The Balaban J connectivity index is 2.99. The molecule has 1 unspecified atom stereocenters. The molecule has 0 saturated carbocycles. The van der Waals surface area contributed by atoms with Crippen LogP contribution in [0.25, 0.3) is 0 Å². The maximum atomic E-state index is 12.3. The Morgan fingerprint density at radius 1 is 1.40 bits per heavy atom. The molecule has 1 nitrogen and oxygen atoms in total. The van der Waals surface area contributed by atoms with E-state index in [1.165, 1.54) is 0 Å². The summed E-state index contributed by atoms with van der Waals surface area (Å²) in [5.74, 6) is -0.430. The van der Waals surface area contributed by atoms with Gasteiger partial charge in [-0.1, -0.05) is 13.8 Å². The summed E-state index contributed by atoms with van der Waals surface area (Å²) < 4.78 is 36.9. The van der Waals surface area contributed by atoms with Gasteiger partial charge in [0.2, 0.25) is 0 Å². The van der Waals surface area contributed by atoms with E-state index < -0.39 is 17.7 Å². The molecule has 1 atom stereocenters. The van der Waals surface area contributed by atoms with Gasteiger partial charge in [-0.05, 0) is 12.0 Å². The van der Waals surface area contributed by atoms with Crippen molar-refractivity contribution in [1.29, 1.82) is 5.26 Å². The topological polar surface area (TPSA) is 23.8 Å². The first-order chi connectivity index (χ1) is 6.86. The van der Waals surface area contributed by atoms with E-state index in [0.29, 0.717) is 4.88 Å². The van der Waals surface area contributed by atoms with E-state index in [1.807, 2.05) is 19.9 Å². The first-order valence-electron chi connectivity index (χ1n) is 4.41. The van der Waals surface area contributed by atoms with E-state index in [4.69, 9.17) is 5.26 Å². The molecular formula is C10H10F3NS. The van der Waals surface area contributed by atoms with Crippen LogP contribution >= 0.6 is 11.3 Å². The van der Waals surface area contributed by atoms with Crippen molar-refractivity contribution < 1.29 is 13.2 Å². The van der Waals surface area contributed by atoms with Crippen molar-refractivity contribution in [1.82, 2.24) is 0 Å². The molecule has 0 aliphatic heterocycles. The van der Waals surface area contributed by atoms with Gasteiger partial charge in [-0.2, -0.15) is 18.4 Å². The number of rotatable bonds is 2. The first kappa shape index (κ1) is 12.1. The maximum Gasteiger partial charge on any atom is 0.417 e. The summed E-state index contributed by atoms with van der Waals surface area (Å²) in [5, 5.41) is 9.89. The monoisotopic (exact) mass is 233 g/mol. The molecular weight excluding hydrogens is 223 g/mol. The van der Waals surface area contributed by atoms with Gasteiger partial charge in [0, 0.05) is 10.3 Å². The number of nitrogens with zero attached hydrogens (tertiary/aromatic N) is 1. The van der Waals surface area contributed by atoms with Gasteiger partial charge >= 0.3 is 6.18 Å². The van der Waals surface area contributed by atoms with Crippen LogP contribution in [0.1, 0.15) is 30.2 Å². The van der Waals surface area contributed by atoms with Crippen molar-refractivity contribution in [3.63, 3.8) is 0 Å². The van der Waals surface area contributed by atoms with E-state index in [-0.39, 0.29) is 5.92 Å². The fourth-order valence-corrected chi connectivity index (χ4v) is 2.34. The lowest BCUT2D eigenvalue weighted by Crippen LogP contribution is -2.04. The van der Waals surface area contributed by atoms with E-state index in [2.05, 4.69) is 0 Å². The number of halogens is 3. The molecule has 0 aliphatic rings. The lowest BCUT2D eigenvalue weighted by molar-refractivity contribution is -0.137. The average molecular weight is 233 g/mol. The molecule has 1 heterocycles. The van der Waals surface area contributed by atoms with Gasteiger partial charge in [-0.25, -0.2) is 0 Å². The van der Waals surface area contributed by atoms with Crippen LogP contribution in [0.4, 0.5) is 13.2 Å². The summed E-state index contributed by atoms with van der Waals surface area (Å²) in [7, 11) is 0. The highest BCUT2D eigenvalue weighted by atomic mass is 32.1. The molecule has 82 valence electrons. The fourth-order valence-electron chi connectivity index (χ4n) is 1.21. The second-order valence-electron chi connectivity index (χ2n) is 3.59. The van der Waals surface area contributed by atoms with E-state index in [9.17, 15) is 13.2 Å². The predicted octanol–water partition coefficient (Wildman–Crippen LogP) is 4.03. The Bertz CT molecular complexity index is 373. The number of nitriles is 1. The van der Waals surface area contributed by atoms with Gasteiger partial charge in [-0.3, -0.25) is 0 Å². The Morgan fingerprint density at radius 3 is 2.33 bits per heavy atom. The second kappa shape index (κ2) is 4.23. The van der Waals surface area contributed by atoms with Crippen molar-refractivity contribution in [3.8, 4) is 6.07 Å². The molecule has 0 saturated heterocycles. The van der Waals surface area contributed by atoms with Gasteiger partial charge in [0.25, 0.3) is 0 Å². The first-order valence-corrected chi connectivity index (χ1v) is 5.29. The Labute approximate surface area is 90.2 Å². The van der Waals surface area contributed by atoms with Crippen molar-refractivity contribution in [2.24, 2.45) is 5.92 Å². The van der Waals surface area contributed by atoms with Crippen molar-refractivity contribution in [2.75, 3.05) is 0 Å². The van der Waals surface area contributed by atoms with Crippen LogP contribution in [-0.4, -0.2) is 0 Å². The molecule has 0 aliphatic carbocycles. The predicted molar refractivity (Wildman–Crippen MR) is 52.5 cm³/mol. The fraction of sp³-hybridized carbons (Fsp3) is 0.500. The Kier molecular flexibility index (Phi) is 3.40. The quantitative estimate of drug-likeness (QED) is 0.756. The minimum absolute atomic E-state index is 0.0229. The van der Waals surface area contributed by atoms with Gasteiger partial charge in [0.1, 0.15) is 0 Å².